The molecular weight excluding hydrogens is 264 g/mol. The van der Waals surface area contributed by atoms with Gasteiger partial charge in [-0.25, -0.2) is 4.98 Å². The highest BCUT2D eigenvalue weighted by atomic mass is 32.2. The summed E-state index contributed by atoms with van der Waals surface area (Å²) in [6, 6.07) is 5.20. The van der Waals surface area contributed by atoms with Crippen molar-refractivity contribution < 1.29 is 9.00 Å². The van der Waals surface area contributed by atoms with Gasteiger partial charge in [-0.1, -0.05) is 0 Å². The molecule has 0 fully saturated rings. The van der Waals surface area contributed by atoms with Crippen LogP contribution in [-0.2, 0) is 15.6 Å². The lowest BCUT2D eigenvalue weighted by molar-refractivity contribution is -0.127. The van der Waals surface area contributed by atoms with Crippen molar-refractivity contribution in [3.8, 4) is 0 Å². The molecule has 0 bridgehead atoms. The molecule has 6 nitrogen and oxygen atoms in total. The Morgan fingerprint density at radius 1 is 1.47 bits per heavy atom. The summed E-state index contributed by atoms with van der Waals surface area (Å²) in [6.07, 6.45) is 0. The number of fused-ring (bicyclic) bond motifs is 1. The van der Waals surface area contributed by atoms with Gasteiger partial charge in [0.2, 0.25) is 5.91 Å². The van der Waals surface area contributed by atoms with Crippen LogP contribution in [0.1, 0.15) is 6.92 Å². The van der Waals surface area contributed by atoms with E-state index in [1.54, 1.807) is 39.2 Å². The van der Waals surface area contributed by atoms with Crippen molar-refractivity contribution in [2.75, 3.05) is 19.8 Å². The summed E-state index contributed by atoms with van der Waals surface area (Å²) in [4.78, 5) is 20.4. The van der Waals surface area contributed by atoms with Gasteiger partial charge in [-0.15, -0.1) is 0 Å². The molecule has 1 aromatic carbocycles. The van der Waals surface area contributed by atoms with E-state index >= 15 is 0 Å². The Labute approximate surface area is 113 Å². The van der Waals surface area contributed by atoms with Gasteiger partial charge in [0.1, 0.15) is 16.0 Å². The van der Waals surface area contributed by atoms with Gasteiger partial charge in [-0.2, -0.15) is 0 Å². The average Bonchev–Trinajstić information content (AvgIpc) is 2.78. The number of nitrogens with one attached hydrogen (secondary N) is 1. The van der Waals surface area contributed by atoms with E-state index in [1.165, 1.54) is 4.90 Å². The number of aromatic nitrogens is 2. The number of carbonyl (C=O) groups is 1. The third-order valence-electron chi connectivity index (χ3n) is 2.78. The van der Waals surface area contributed by atoms with Crippen molar-refractivity contribution in [1.29, 1.82) is 0 Å². The summed E-state index contributed by atoms with van der Waals surface area (Å²) < 4.78 is 12.3. The van der Waals surface area contributed by atoms with Crippen molar-refractivity contribution in [2.45, 2.75) is 17.3 Å². The van der Waals surface area contributed by atoms with Gasteiger partial charge in [0, 0.05) is 19.8 Å². The number of anilines is 1. The second kappa shape index (κ2) is 5.00. The lowest BCUT2D eigenvalue weighted by Gasteiger charge is -2.14. The third-order valence-corrected chi connectivity index (χ3v) is 4.20. The predicted molar refractivity (Wildman–Crippen MR) is 75.1 cm³/mol. The van der Waals surface area contributed by atoms with Gasteiger partial charge in [0.05, 0.1) is 11.0 Å². The molecule has 0 saturated heterocycles. The molecule has 2 rings (SSSR count). The Hall–Kier alpha value is -1.89. The van der Waals surface area contributed by atoms with Crippen LogP contribution in [-0.4, -0.2) is 44.3 Å². The van der Waals surface area contributed by atoms with E-state index in [4.69, 9.17) is 5.73 Å². The second-order valence-electron chi connectivity index (χ2n) is 4.49. The molecule has 7 heteroatoms. The molecule has 0 aliphatic rings. The third kappa shape index (κ3) is 2.60. The van der Waals surface area contributed by atoms with Gasteiger partial charge in [-0.05, 0) is 25.1 Å². The van der Waals surface area contributed by atoms with E-state index in [9.17, 15) is 9.00 Å². The summed E-state index contributed by atoms with van der Waals surface area (Å²) in [7, 11) is 1.75. The van der Waals surface area contributed by atoms with Crippen LogP contribution in [0.15, 0.2) is 23.4 Å². The number of benzene rings is 1. The highest BCUT2D eigenvalue weighted by molar-refractivity contribution is 7.86. The van der Waals surface area contributed by atoms with Gasteiger partial charge in [0.15, 0.2) is 5.16 Å². The number of imidazole rings is 1. The summed E-state index contributed by atoms with van der Waals surface area (Å²) >= 11 is 0. The molecule has 0 saturated carbocycles. The molecule has 1 amide bonds. The quantitative estimate of drug-likeness (QED) is 0.811. The first-order valence-corrected chi connectivity index (χ1v) is 6.98. The standard InChI is InChI=1S/C12H16N4O2S/c1-7(11(17)16(2)3)19(18)12-14-9-5-4-8(13)6-10(9)15-12/h4-7H,13H2,1-3H3,(H,14,15). The van der Waals surface area contributed by atoms with E-state index in [2.05, 4.69) is 9.97 Å². The minimum atomic E-state index is -1.52. The van der Waals surface area contributed by atoms with Crippen LogP contribution in [0.5, 0.6) is 0 Å². The van der Waals surface area contributed by atoms with E-state index < -0.39 is 16.0 Å². The van der Waals surface area contributed by atoms with E-state index in [-0.39, 0.29) is 5.91 Å². The Bertz CT molecular complexity index is 650. The molecule has 2 unspecified atom stereocenters. The largest absolute Gasteiger partial charge is 0.399 e. The maximum absolute atomic E-state index is 12.3. The fraction of sp³-hybridized carbons (Fsp3) is 0.333. The molecule has 1 heterocycles. The maximum atomic E-state index is 12.3. The topological polar surface area (TPSA) is 92.1 Å². The minimum absolute atomic E-state index is 0.196. The van der Waals surface area contributed by atoms with Crippen LogP contribution in [0.2, 0.25) is 0 Å². The fourth-order valence-electron chi connectivity index (χ4n) is 1.72. The van der Waals surface area contributed by atoms with Crippen LogP contribution >= 0.6 is 0 Å². The van der Waals surface area contributed by atoms with Crippen LogP contribution in [0.3, 0.4) is 0 Å². The smallest absolute Gasteiger partial charge is 0.238 e. The molecule has 0 radical (unpaired) electrons. The first-order valence-electron chi connectivity index (χ1n) is 5.77. The molecule has 2 atom stereocenters. The van der Waals surface area contributed by atoms with Gasteiger partial charge in [-0.3, -0.25) is 9.00 Å². The SMILES string of the molecule is CC(C(=O)N(C)C)S(=O)c1nc2ccc(N)cc2[nH]1. The van der Waals surface area contributed by atoms with Crippen LogP contribution in [0.4, 0.5) is 5.69 Å². The number of hydrogen-bond donors (Lipinski definition) is 2. The van der Waals surface area contributed by atoms with Crippen molar-refractivity contribution in [3.05, 3.63) is 18.2 Å². The van der Waals surface area contributed by atoms with Crippen LogP contribution in [0, 0.1) is 0 Å². The molecule has 0 aliphatic heterocycles. The summed E-state index contributed by atoms with van der Waals surface area (Å²) in [5, 5.41) is -0.351. The zero-order valence-electron chi connectivity index (χ0n) is 11.0. The number of nitrogens with two attached hydrogens (primary N) is 1. The van der Waals surface area contributed by atoms with Crippen molar-refractivity contribution in [2.24, 2.45) is 0 Å². The lowest BCUT2D eigenvalue weighted by Crippen LogP contribution is -2.34. The molecule has 102 valence electrons. The van der Waals surface area contributed by atoms with E-state index in [1.807, 2.05) is 0 Å². The van der Waals surface area contributed by atoms with Gasteiger partial charge in [0.25, 0.3) is 0 Å². The zero-order valence-corrected chi connectivity index (χ0v) is 11.8. The number of carbonyl (C=O) groups excluding carboxylic acids is 1. The molecule has 0 spiro atoms. The first kappa shape index (κ1) is 13.5. The summed E-state index contributed by atoms with van der Waals surface area (Å²) in [5.74, 6) is -0.196. The molecule has 19 heavy (non-hydrogen) atoms. The highest BCUT2D eigenvalue weighted by Gasteiger charge is 2.25. The van der Waals surface area contributed by atoms with E-state index in [0.717, 1.165) is 0 Å². The number of nitrogens with zero attached hydrogens (tertiary/aromatic N) is 2. The summed E-state index contributed by atoms with van der Waals surface area (Å²) in [5.41, 5.74) is 7.67. The average molecular weight is 280 g/mol. The number of rotatable bonds is 3. The number of aromatic amines is 1. The molecule has 1 aromatic heterocycles. The maximum Gasteiger partial charge on any atom is 0.238 e. The number of hydrogen-bond acceptors (Lipinski definition) is 4. The second-order valence-corrected chi connectivity index (χ2v) is 6.18. The first-order chi connectivity index (χ1) is 8.90. The van der Waals surface area contributed by atoms with Gasteiger partial charge < -0.3 is 15.6 Å². The van der Waals surface area contributed by atoms with Crippen LogP contribution in [0.25, 0.3) is 11.0 Å². The Kier molecular flexibility index (Phi) is 3.57. The number of H-pyrrole nitrogens is 1. The molecule has 0 aliphatic carbocycles. The zero-order chi connectivity index (χ0) is 14.2. The Balaban J connectivity index is 2.34. The van der Waals surface area contributed by atoms with Crippen molar-refractivity contribution >= 4 is 33.4 Å². The van der Waals surface area contributed by atoms with Crippen molar-refractivity contribution in [1.82, 2.24) is 14.9 Å². The Morgan fingerprint density at radius 3 is 2.79 bits per heavy atom. The number of nitrogen functional groups attached to an aromatic ring is 1. The fourth-order valence-corrected chi connectivity index (χ4v) is 2.85. The minimum Gasteiger partial charge on any atom is -0.399 e. The predicted octanol–water partition coefficient (Wildman–Crippen LogP) is 0.729. The van der Waals surface area contributed by atoms with Gasteiger partial charge >= 0.3 is 0 Å². The molecule has 3 N–H and O–H groups in total. The highest BCUT2D eigenvalue weighted by Crippen LogP contribution is 2.18. The molecule has 2 aromatic rings. The number of amides is 1. The summed E-state index contributed by atoms with van der Waals surface area (Å²) in [6.45, 7) is 1.62. The lowest BCUT2D eigenvalue weighted by atomic mass is 10.3. The molecular formula is C12H16N4O2S. The van der Waals surface area contributed by atoms with Crippen LogP contribution < -0.4 is 5.73 Å². The normalized spacial score (nSPS) is 14.3. The Morgan fingerprint density at radius 2 is 2.16 bits per heavy atom. The van der Waals surface area contributed by atoms with E-state index in [0.29, 0.717) is 21.9 Å². The monoisotopic (exact) mass is 280 g/mol. The van der Waals surface area contributed by atoms with Crippen molar-refractivity contribution in [3.63, 3.8) is 0 Å².